The van der Waals surface area contributed by atoms with E-state index in [2.05, 4.69) is 17.0 Å². The van der Waals surface area contributed by atoms with Gasteiger partial charge in [-0.1, -0.05) is 24.0 Å². The van der Waals surface area contributed by atoms with Crippen molar-refractivity contribution in [1.82, 2.24) is 4.57 Å². The minimum Gasteiger partial charge on any atom is -0.385 e. The zero-order valence-corrected chi connectivity index (χ0v) is 8.40. The monoisotopic (exact) mass is 200 g/mol. The molecule has 0 aliphatic heterocycles. The van der Waals surface area contributed by atoms with Gasteiger partial charge >= 0.3 is 0 Å². The minimum atomic E-state index is 0.544. The van der Waals surface area contributed by atoms with Gasteiger partial charge in [-0.3, -0.25) is 0 Å². The number of aryl methyl sites for hydroxylation is 1. The van der Waals surface area contributed by atoms with Gasteiger partial charge in [-0.15, -0.1) is 0 Å². The second-order valence-electron chi connectivity index (χ2n) is 2.44. The molecule has 0 fully saturated rings. The van der Waals surface area contributed by atoms with Crippen molar-refractivity contribution in [2.45, 2.75) is 13.0 Å². The van der Waals surface area contributed by atoms with Crippen molar-refractivity contribution >= 4 is 28.3 Å². The Hall–Kier alpha value is -0.480. The normalized spacial score (nSPS) is 10.0. The molecule has 1 aromatic rings. The molecule has 66 valence electrons. The van der Waals surface area contributed by atoms with E-state index < -0.39 is 0 Å². The maximum absolute atomic E-state index is 5.34. The van der Waals surface area contributed by atoms with Crippen LogP contribution < -0.4 is 5.73 Å². The molecule has 0 aliphatic rings. The van der Waals surface area contributed by atoms with Gasteiger partial charge < -0.3 is 10.3 Å². The summed E-state index contributed by atoms with van der Waals surface area (Å²) in [5.41, 5.74) is 5.34. The lowest BCUT2D eigenvalue weighted by atomic mass is 10.5. The Kier molecular flexibility index (Phi) is 4.18. The summed E-state index contributed by atoms with van der Waals surface area (Å²) in [6.07, 6.45) is 5.23. The molecular weight excluding hydrogens is 188 g/mol. The smallest absolute Gasteiger partial charge is 0.131 e. The summed E-state index contributed by atoms with van der Waals surface area (Å²) in [5, 5.41) is 0. The molecule has 0 unspecified atom stereocenters. The highest BCUT2D eigenvalue weighted by Gasteiger charge is 1.92. The van der Waals surface area contributed by atoms with Crippen LogP contribution in [-0.4, -0.2) is 14.6 Å². The van der Waals surface area contributed by atoms with Gasteiger partial charge in [-0.25, -0.2) is 0 Å². The second kappa shape index (κ2) is 5.22. The van der Waals surface area contributed by atoms with E-state index in [0.717, 1.165) is 18.7 Å². The lowest BCUT2D eigenvalue weighted by molar-refractivity contribution is 0.689. The molecule has 12 heavy (non-hydrogen) atoms. The van der Waals surface area contributed by atoms with E-state index in [1.807, 2.05) is 12.1 Å². The van der Waals surface area contributed by atoms with Gasteiger partial charge in [0, 0.05) is 24.7 Å². The summed E-state index contributed by atoms with van der Waals surface area (Å²) < 4.78 is 2.70. The molecule has 0 saturated heterocycles. The van der Waals surface area contributed by atoms with Crippen LogP contribution in [0.2, 0.25) is 0 Å². The number of hydrogen-bond acceptors (Lipinski definition) is 2. The Balaban J connectivity index is 2.07. The van der Waals surface area contributed by atoms with E-state index in [4.69, 9.17) is 18.0 Å². The molecule has 0 atom stereocenters. The van der Waals surface area contributed by atoms with Crippen molar-refractivity contribution in [3.8, 4) is 0 Å². The third kappa shape index (κ3) is 3.78. The number of aromatic nitrogens is 1. The summed E-state index contributed by atoms with van der Waals surface area (Å²) in [7, 11) is 0. The summed E-state index contributed by atoms with van der Waals surface area (Å²) >= 11 is 6.29. The van der Waals surface area contributed by atoms with Gasteiger partial charge in [0.15, 0.2) is 0 Å². The number of nitrogens with two attached hydrogens (primary N) is 1. The minimum absolute atomic E-state index is 0.544. The number of thiocarbonyl (C=S) groups is 1. The molecular formula is C8H12N2S2. The van der Waals surface area contributed by atoms with Crippen molar-refractivity contribution in [3.63, 3.8) is 0 Å². The van der Waals surface area contributed by atoms with Crippen LogP contribution in [0.5, 0.6) is 0 Å². The number of rotatable bonds is 4. The van der Waals surface area contributed by atoms with Crippen molar-refractivity contribution < 1.29 is 0 Å². The number of hydrogen-bond donors (Lipinski definition) is 1. The first-order chi connectivity index (χ1) is 5.79. The molecule has 2 nitrogen and oxygen atoms in total. The lowest BCUT2D eigenvalue weighted by Crippen LogP contribution is -2.04. The zero-order chi connectivity index (χ0) is 8.81. The van der Waals surface area contributed by atoms with Crippen molar-refractivity contribution in [2.75, 3.05) is 5.75 Å². The van der Waals surface area contributed by atoms with Gasteiger partial charge in [0.2, 0.25) is 0 Å². The first-order valence-corrected chi connectivity index (χ1v) is 5.21. The molecule has 0 aromatic carbocycles. The standard InChI is InChI=1S/C8H12N2S2/c9-8(11)12-7-3-6-10-4-1-2-5-10/h1-2,4-5H,3,6-7H2,(H2,9,11). The fourth-order valence-corrected chi connectivity index (χ4v) is 1.66. The highest BCUT2D eigenvalue weighted by atomic mass is 32.2. The maximum atomic E-state index is 5.34. The van der Waals surface area contributed by atoms with Crippen LogP contribution in [0.15, 0.2) is 24.5 Å². The first-order valence-electron chi connectivity index (χ1n) is 3.82. The van der Waals surface area contributed by atoms with E-state index in [1.165, 1.54) is 0 Å². The van der Waals surface area contributed by atoms with Gasteiger partial charge in [-0.05, 0) is 18.6 Å². The number of nitrogens with zero attached hydrogens (tertiary/aromatic N) is 1. The molecule has 0 aliphatic carbocycles. The summed E-state index contributed by atoms with van der Waals surface area (Å²) in [4.78, 5) is 0. The van der Waals surface area contributed by atoms with Crippen LogP contribution in [0.4, 0.5) is 0 Å². The van der Waals surface area contributed by atoms with Crippen LogP contribution in [0, 0.1) is 0 Å². The van der Waals surface area contributed by atoms with Crippen molar-refractivity contribution in [3.05, 3.63) is 24.5 Å². The quantitative estimate of drug-likeness (QED) is 0.594. The van der Waals surface area contributed by atoms with E-state index in [0.29, 0.717) is 4.32 Å². The van der Waals surface area contributed by atoms with Crippen molar-refractivity contribution in [2.24, 2.45) is 5.73 Å². The molecule has 0 radical (unpaired) electrons. The Bertz CT molecular complexity index is 231. The highest BCUT2D eigenvalue weighted by Crippen LogP contribution is 2.03. The molecule has 1 heterocycles. The molecule has 4 heteroatoms. The van der Waals surface area contributed by atoms with Gasteiger partial charge in [-0.2, -0.15) is 0 Å². The Morgan fingerprint density at radius 1 is 1.42 bits per heavy atom. The predicted molar refractivity (Wildman–Crippen MR) is 58.3 cm³/mol. The van der Waals surface area contributed by atoms with Crippen molar-refractivity contribution in [1.29, 1.82) is 0 Å². The topological polar surface area (TPSA) is 30.9 Å². The summed E-state index contributed by atoms with van der Waals surface area (Å²) in [6.45, 7) is 1.04. The Labute approximate surface area is 82.1 Å². The average molecular weight is 200 g/mol. The molecule has 1 rings (SSSR count). The molecule has 1 aromatic heterocycles. The molecule has 0 saturated carbocycles. The second-order valence-corrected chi connectivity index (χ2v) is 4.28. The Morgan fingerprint density at radius 2 is 2.08 bits per heavy atom. The average Bonchev–Trinajstić information content (AvgIpc) is 2.49. The maximum Gasteiger partial charge on any atom is 0.131 e. The van der Waals surface area contributed by atoms with Crippen LogP contribution >= 0.6 is 24.0 Å². The number of thioether (sulfide) groups is 1. The molecule has 0 bridgehead atoms. The zero-order valence-electron chi connectivity index (χ0n) is 6.77. The summed E-state index contributed by atoms with van der Waals surface area (Å²) in [6, 6.07) is 4.06. The van der Waals surface area contributed by atoms with Crippen LogP contribution in [0.25, 0.3) is 0 Å². The third-order valence-corrected chi connectivity index (χ3v) is 2.60. The van der Waals surface area contributed by atoms with E-state index in [1.54, 1.807) is 11.8 Å². The van der Waals surface area contributed by atoms with Crippen LogP contribution in [0.1, 0.15) is 6.42 Å². The van der Waals surface area contributed by atoms with Gasteiger partial charge in [0.25, 0.3) is 0 Å². The fourth-order valence-electron chi connectivity index (χ4n) is 0.939. The lowest BCUT2D eigenvalue weighted by Gasteiger charge is -2.01. The van der Waals surface area contributed by atoms with Crippen LogP contribution in [-0.2, 0) is 6.54 Å². The molecule has 0 amide bonds. The Morgan fingerprint density at radius 3 is 2.67 bits per heavy atom. The molecule has 2 N–H and O–H groups in total. The van der Waals surface area contributed by atoms with E-state index in [-0.39, 0.29) is 0 Å². The third-order valence-electron chi connectivity index (χ3n) is 1.47. The fraction of sp³-hybridized carbons (Fsp3) is 0.375. The van der Waals surface area contributed by atoms with E-state index in [9.17, 15) is 0 Å². The first kappa shape index (κ1) is 9.61. The largest absolute Gasteiger partial charge is 0.385 e. The highest BCUT2D eigenvalue weighted by molar-refractivity contribution is 8.22. The van der Waals surface area contributed by atoms with Crippen LogP contribution in [0.3, 0.4) is 0 Å². The SMILES string of the molecule is NC(=S)SCCCn1cccc1. The summed E-state index contributed by atoms with van der Waals surface area (Å²) in [5.74, 6) is 1.01. The van der Waals surface area contributed by atoms with Gasteiger partial charge in [0.05, 0.1) is 0 Å². The van der Waals surface area contributed by atoms with Gasteiger partial charge in [0.1, 0.15) is 4.32 Å². The molecule has 0 spiro atoms. The predicted octanol–water partition coefficient (Wildman–Crippen LogP) is 1.85. The van der Waals surface area contributed by atoms with E-state index >= 15 is 0 Å².